The van der Waals surface area contributed by atoms with Gasteiger partial charge in [-0.1, -0.05) is 6.07 Å². The molecule has 0 bridgehead atoms. The van der Waals surface area contributed by atoms with Crippen LogP contribution in [0.1, 0.15) is 28.4 Å². The summed E-state index contributed by atoms with van der Waals surface area (Å²) in [6.45, 7) is 5.01. The fourth-order valence-corrected chi connectivity index (χ4v) is 2.29. The van der Waals surface area contributed by atoms with Crippen molar-refractivity contribution < 1.29 is 19.4 Å². The lowest BCUT2D eigenvalue weighted by molar-refractivity contribution is 0.0697. The fourth-order valence-electron chi connectivity index (χ4n) is 2.29. The molecule has 0 fully saturated rings. The molecule has 0 amide bonds. The molecule has 5 nitrogen and oxygen atoms in total. The van der Waals surface area contributed by atoms with E-state index in [2.05, 4.69) is 5.32 Å². The summed E-state index contributed by atoms with van der Waals surface area (Å²) in [7, 11) is 1.61. The van der Waals surface area contributed by atoms with Gasteiger partial charge in [0.25, 0.3) is 0 Å². The molecule has 0 aromatic heterocycles. The Morgan fingerprint density at radius 3 is 2.57 bits per heavy atom. The van der Waals surface area contributed by atoms with Crippen molar-refractivity contribution in [2.75, 3.05) is 19.0 Å². The van der Waals surface area contributed by atoms with Gasteiger partial charge in [-0.05, 0) is 55.3 Å². The molecule has 0 saturated carbocycles. The van der Waals surface area contributed by atoms with Crippen LogP contribution in [-0.4, -0.2) is 24.8 Å². The number of carboxylic acids is 1. The van der Waals surface area contributed by atoms with E-state index in [-0.39, 0.29) is 5.56 Å². The minimum absolute atomic E-state index is 0.288. The third-order valence-corrected chi connectivity index (χ3v) is 3.48. The first kappa shape index (κ1) is 16.7. The largest absolute Gasteiger partial charge is 0.493 e. The van der Waals surface area contributed by atoms with Gasteiger partial charge in [0.1, 0.15) is 0 Å². The normalized spacial score (nSPS) is 10.2. The summed E-state index contributed by atoms with van der Waals surface area (Å²) < 4.78 is 10.8. The van der Waals surface area contributed by atoms with Gasteiger partial charge in [0, 0.05) is 12.2 Å². The molecular weight excluding hydrogens is 294 g/mol. The van der Waals surface area contributed by atoms with E-state index < -0.39 is 5.97 Å². The minimum Gasteiger partial charge on any atom is -0.493 e. The molecule has 2 aromatic carbocycles. The van der Waals surface area contributed by atoms with Crippen LogP contribution >= 0.6 is 0 Å². The smallest absolute Gasteiger partial charge is 0.335 e. The van der Waals surface area contributed by atoms with Crippen molar-refractivity contribution >= 4 is 11.7 Å². The number of anilines is 1. The SMILES string of the molecule is CCOc1ccc(CNc2ccc(C(=O)O)cc2C)cc1OC. The molecule has 0 unspecified atom stereocenters. The van der Waals surface area contributed by atoms with Crippen molar-refractivity contribution in [3.63, 3.8) is 0 Å². The number of rotatable bonds is 7. The molecule has 2 N–H and O–H groups in total. The molecule has 2 aromatic rings. The average molecular weight is 315 g/mol. The van der Waals surface area contributed by atoms with E-state index in [4.69, 9.17) is 14.6 Å². The van der Waals surface area contributed by atoms with E-state index >= 15 is 0 Å². The Morgan fingerprint density at radius 2 is 1.96 bits per heavy atom. The molecule has 0 atom stereocenters. The molecule has 23 heavy (non-hydrogen) atoms. The molecule has 0 aliphatic carbocycles. The second-order valence-electron chi connectivity index (χ2n) is 5.11. The van der Waals surface area contributed by atoms with Crippen molar-refractivity contribution in [2.24, 2.45) is 0 Å². The van der Waals surface area contributed by atoms with Gasteiger partial charge in [0.15, 0.2) is 11.5 Å². The standard InChI is InChI=1S/C18H21NO4/c1-4-23-16-8-5-13(10-17(16)22-3)11-19-15-7-6-14(18(20)21)9-12(15)2/h5-10,19H,4,11H2,1-3H3,(H,20,21). The van der Waals surface area contributed by atoms with E-state index in [0.29, 0.717) is 18.9 Å². The number of carbonyl (C=O) groups is 1. The second kappa shape index (κ2) is 7.54. The number of hydrogen-bond donors (Lipinski definition) is 2. The molecule has 0 radical (unpaired) electrons. The zero-order chi connectivity index (χ0) is 16.8. The summed E-state index contributed by atoms with van der Waals surface area (Å²) in [5, 5.41) is 12.3. The highest BCUT2D eigenvalue weighted by Crippen LogP contribution is 2.28. The van der Waals surface area contributed by atoms with Crippen LogP contribution in [-0.2, 0) is 6.54 Å². The summed E-state index contributed by atoms with van der Waals surface area (Å²) in [5.74, 6) is 0.501. The molecule has 0 aliphatic heterocycles. The number of benzene rings is 2. The first-order valence-electron chi connectivity index (χ1n) is 7.42. The highest BCUT2D eigenvalue weighted by Gasteiger charge is 2.07. The van der Waals surface area contributed by atoms with Crippen LogP contribution in [0, 0.1) is 6.92 Å². The number of aryl methyl sites for hydroxylation is 1. The molecule has 122 valence electrons. The summed E-state index contributed by atoms with van der Waals surface area (Å²) in [4.78, 5) is 11.0. The van der Waals surface area contributed by atoms with Gasteiger partial charge < -0.3 is 19.9 Å². The van der Waals surface area contributed by atoms with Gasteiger partial charge in [0.05, 0.1) is 19.3 Å². The van der Waals surface area contributed by atoms with Crippen LogP contribution < -0.4 is 14.8 Å². The Balaban J connectivity index is 2.10. The predicted molar refractivity (Wildman–Crippen MR) is 89.6 cm³/mol. The third kappa shape index (κ3) is 4.16. The van der Waals surface area contributed by atoms with Crippen molar-refractivity contribution in [1.29, 1.82) is 0 Å². The van der Waals surface area contributed by atoms with Gasteiger partial charge in [-0.2, -0.15) is 0 Å². The number of methoxy groups -OCH3 is 1. The number of ether oxygens (including phenoxy) is 2. The van der Waals surface area contributed by atoms with E-state index in [9.17, 15) is 4.79 Å². The van der Waals surface area contributed by atoms with E-state index in [1.165, 1.54) is 0 Å². The Labute approximate surface area is 135 Å². The first-order valence-corrected chi connectivity index (χ1v) is 7.42. The van der Waals surface area contributed by atoms with Gasteiger partial charge in [0.2, 0.25) is 0 Å². The molecular formula is C18H21NO4. The third-order valence-electron chi connectivity index (χ3n) is 3.48. The maximum Gasteiger partial charge on any atom is 0.335 e. The van der Waals surface area contributed by atoms with Crippen LogP contribution in [0.25, 0.3) is 0 Å². The summed E-state index contributed by atoms with van der Waals surface area (Å²) >= 11 is 0. The van der Waals surface area contributed by atoms with Crippen molar-refractivity contribution in [1.82, 2.24) is 0 Å². The molecule has 0 aliphatic rings. The topological polar surface area (TPSA) is 67.8 Å². The first-order chi connectivity index (χ1) is 11.0. The van der Waals surface area contributed by atoms with Gasteiger partial charge in [-0.25, -0.2) is 4.79 Å². The van der Waals surface area contributed by atoms with Crippen LogP contribution in [0.3, 0.4) is 0 Å². The van der Waals surface area contributed by atoms with Crippen molar-refractivity contribution in [3.05, 3.63) is 53.1 Å². The fraction of sp³-hybridized carbons (Fsp3) is 0.278. The predicted octanol–water partition coefficient (Wildman–Crippen LogP) is 3.71. The second-order valence-corrected chi connectivity index (χ2v) is 5.11. The molecule has 0 heterocycles. The number of hydrogen-bond acceptors (Lipinski definition) is 4. The average Bonchev–Trinajstić information content (AvgIpc) is 2.54. The van der Waals surface area contributed by atoms with Gasteiger partial charge >= 0.3 is 5.97 Å². The summed E-state index contributed by atoms with van der Waals surface area (Å²) in [5.41, 5.74) is 3.13. The minimum atomic E-state index is -0.920. The lowest BCUT2D eigenvalue weighted by Crippen LogP contribution is -2.04. The van der Waals surface area contributed by atoms with E-state index in [1.54, 1.807) is 25.3 Å². The monoisotopic (exact) mass is 315 g/mol. The quantitative estimate of drug-likeness (QED) is 0.815. The summed E-state index contributed by atoms with van der Waals surface area (Å²) in [6.07, 6.45) is 0. The lowest BCUT2D eigenvalue weighted by Gasteiger charge is -2.13. The maximum atomic E-state index is 11.0. The molecule has 5 heteroatoms. The summed E-state index contributed by atoms with van der Waals surface area (Å²) in [6, 6.07) is 10.8. The highest BCUT2D eigenvalue weighted by atomic mass is 16.5. The molecule has 2 rings (SSSR count). The Bertz CT molecular complexity index is 697. The molecule has 0 saturated heterocycles. The number of aromatic carboxylic acids is 1. The Morgan fingerprint density at radius 1 is 1.17 bits per heavy atom. The van der Waals surface area contributed by atoms with Crippen LogP contribution in [0.4, 0.5) is 5.69 Å². The number of nitrogens with one attached hydrogen (secondary N) is 1. The maximum absolute atomic E-state index is 11.0. The van der Waals surface area contributed by atoms with Crippen LogP contribution in [0.15, 0.2) is 36.4 Å². The van der Waals surface area contributed by atoms with E-state index in [0.717, 1.165) is 22.6 Å². The van der Waals surface area contributed by atoms with E-state index in [1.807, 2.05) is 32.0 Å². The van der Waals surface area contributed by atoms with Crippen molar-refractivity contribution in [2.45, 2.75) is 20.4 Å². The Hall–Kier alpha value is -2.69. The Kier molecular flexibility index (Phi) is 5.46. The van der Waals surface area contributed by atoms with Crippen LogP contribution in [0.2, 0.25) is 0 Å². The molecule has 0 spiro atoms. The van der Waals surface area contributed by atoms with Crippen molar-refractivity contribution in [3.8, 4) is 11.5 Å². The van der Waals surface area contributed by atoms with Gasteiger partial charge in [-0.3, -0.25) is 0 Å². The lowest BCUT2D eigenvalue weighted by atomic mass is 10.1. The zero-order valence-electron chi connectivity index (χ0n) is 13.6. The number of carboxylic acid groups (broad SMARTS) is 1. The van der Waals surface area contributed by atoms with Crippen LogP contribution in [0.5, 0.6) is 11.5 Å². The van der Waals surface area contributed by atoms with Gasteiger partial charge in [-0.15, -0.1) is 0 Å². The zero-order valence-corrected chi connectivity index (χ0v) is 13.6. The highest BCUT2D eigenvalue weighted by molar-refractivity contribution is 5.88.